The van der Waals surface area contributed by atoms with Crippen molar-refractivity contribution in [3.05, 3.63) is 59.7 Å². The van der Waals surface area contributed by atoms with Crippen molar-refractivity contribution in [3.8, 4) is 22.5 Å². The number of alkyl halides is 3. The van der Waals surface area contributed by atoms with Crippen LogP contribution in [-0.2, 0) is 22.8 Å². The van der Waals surface area contributed by atoms with E-state index in [0.29, 0.717) is 24.1 Å². The Morgan fingerprint density at radius 1 is 1.04 bits per heavy atom. The molecule has 2 heterocycles. The van der Waals surface area contributed by atoms with Gasteiger partial charge in [-0.05, 0) is 24.5 Å². The number of halogens is 3. The van der Waals surface area contributed by atoms with Crippen molar-refractivity contribution < 1.29 is 21.6 Å². The molecule has 0 bridgehead atoms. The molecule has 0 amide bonds. The second-order valence-electron chi connectivity index (χ2n) is 6.42. The van der Waals surface area contributed by atoms with E-state index in [0.717, 1.165) is 11.1 Å². The number of benzene rings is 2. The summed E-state index contributed by atoms with van der Waals surface area (Å²) in [4.78, 5) is -0.771. The van der Waals surface area contributed by atoms with E-state index >= 15 is 0 Å². The Balaban J connectivity index is 2.12. The smallest absolute Gasteiger partial charge is 0.263 e. The lowest BCUT2D eigenvalue weighted by Gasteiger charge is -2.21. The summed E-state index contributed by atoms with van der Waals surface area (Å²) in [6, 6.07) is 13.3. The highest BCUT2D eigenvalue weighted by molar-refractivity contribution is 7.92. The molecule has 0 N–H and O–H groups in total. The van der Waals surface area contributed by atoms with Crippen molar-refractivity contribution in [1.29, 1.82) is 0 Å². The molecule has 140 valence electrons. The molecular weight excluding hydrogens is 377 g/mol. The van der Waals surface area contributed by atoms with Crippen LogP contribution in [0, 0.1) is 6.92 Å². The molecule has 0 radical (unpaired) electrons. The second kappa shape index (κ2) is 5.95. The summed E-state index contributed by atoms with van der Waals surface area (Å²) in [5, 5.41) is 4.27. The highest BCUT2D eigenvalue weighted by atomic mass is 32.2. The van der Waals surface area contributed by atoms with Gasteiger partial charge in [0.1, 0.15) is 10.6 Å². The fourth-order valence-electron chi connectivity index (χ4n) is 3.50. The molecule has 0 unspecified atom stereocenters. The zero-order chi connectivity index (χ0) is 19.4. The minimum Gasteiger partial charge on any atom is -0.263 e. The molecule has 0 saturated heterocycles. The molecular formula is C19H15F3N2O2S. The van der Waals surface area contributed by atoms with E-state index in [2.05, 4.69) is 5.10 Å². The predicted octanol–water partition coefficient (Wildman–Crippen LogP) is 4.38. The number of fused-ring (bicyclic) bond motifs is 3. The van der Waals surface area contributed by atoms with Gasteiger partial charge in [-0.1, -0.05) is 48.5 Å². The van der Waals surface area contributed by atoms with Crippen LogP contribution in [0.25, 0.3) is 22.5 Å². The van der Waals surface area contributed by atoms with E-state index in [-0.39, 0.29) is 11.4 Å². The van der Waals surface area contributed by atoms with Crippen molar-refractivity contribution in [2.24, 2.45) is 0 Å². The number of sulfone groups is 1. The third-order valence-electron chi connectivity index (χ3n) is 4.77. The largest absolute Gasteiger partial charge is 0.502 e. The van der Waals surface area contributed by atoms with Crippen molar-refractivity contribution in [2.75, 3.05) is 0 Å². The molecule has 0 spiro atoms. The van der Waals surface area contributed by atoms with E-state index < -0.39 is 20.2 Å². The molecule has 0 atom stereocenters. The van der Waals surface area contributed by atoms with Gasteiger partial charge in [-0.2, -0.15) is 18.3 Å². The third-order valence-corrected chi connectivity index (χ3v) is 6.30. The average Bonchev–Trinajstić information content (AvgIpc) is 3.02. The fraction of sp³-hybridized carbons (Fsp3) is 0.211. The first-order valence-electron chi connectivity index (χ1n) is 8.28. The van der Waals surface area contributed by atoms with Gasteiger partial charge in [0.15, 0.2) is 0 Å². The standard InChI is InChI=1S/C19H15F3N2O2S/c1-12-6-5-9-15-14(12)10-11-24-17(15)18(27(25,26)19(20,21)22)16(23-24)13-7-3-2-4-8-13/h2-9H,10-11H2,1H3. The summed E-state index contributed by atoms with van der Waals surface area (Å²) in [5.74, 6) is 0. The zero-order valence-electron chi connectivity index (χ0n) is 14.3. The number of hydrogen-bond acceptors (Lipinski definition) is 3. The lowest BCUT2D eigenvalue weighted by atomic mass is 9.94. The summed E-state index contributed by atoms with van der Waals surface area (Å²) in [6.45, 7) is 2.18. The van der Waals surface area contributed by atoms with E-state index in [4.69, 9.17) is 0 Å². The van der Waals surface area contributed by atoms with Crippen LogP contribution >= 0.6 is 0 Å². The molecule has 1 aliphatic rings. The summed E-state index contributed by atoms with van der Waals surface area (Å²) >= 11 is 0. The van der Waals surface area contributed by atoms with Crippen LogP contribution in [0.4, 0.5) is 13.2 Å². The van der Waals surface area contributed by atoms with Crippen LogP contribution in [0.3, 0.4) is 0 Å². The van der Waals surface area contributed by atoms with Gasteiger partial charge in [-0.15, -0.1) is 0 Å². The normalized spacial score (nSPS) is 13.9. The van der Waals surface area contributed by atoms with Gasteiger partial charge in [0.2, 0.25) is 0 Å². The van der Waals surface area contributed by atoms with Gasteiger partial charge in [0, 0.05) is 17.7 Å². The molecule has 0 fully saturated rings. The second-order valence-corrected chi connectivity index (χ2v) is 8.29. The Morgan fingerprint density at radius 3 is 2.41 bits per heavy atom. The Bertz CT molecular complexity index is 1130. The van der Waals surface area contributed by atoms with Crippen molar-refractivity contribution in [2.45, 2.75) is 30.3 Å². The first-order chi connectivity index (χ1) is 12.7. The van der Waals surface area contributed by atoms with Gasteiger partial charge in [-0.25, -0.2) is 8.42 Å². The minimum atomic E-state index is -5.59. The SMILES string of the molecule is Cc1cccc2c1CCn1nc(-c3ccccc3)c(S(=O)(=O)C(F)(F)F)c1-2. The third kappa shape index (κ3) is 2.66. The van der Waals surface area contributed by atoms with E-state index in [1.165, 1.54) is 4.68 Å². The Hall–Kier alpha value is -2.61. The van der Waals surface area contributed by atoms with Crippen molar-refractivity contribution >= 4 is 9.84 Å². The Labute approximate surface area is 154 Å². The van der Waals surface area contributed by atoms with E-state index in [9.17, 15) is 21.6 Å². The maximum absolute atomic E-state index is 13.5. The van der Waals surface area contributed by atoms with Crippen LogP contribution < -0.4 is 0 Å². The number of hydrogen-bond donors (Lipinski definition) is 0. The number of aryl methyl sites for hydroxylation is 2. The van der Waals surface area contributed by atoms with Crippen molar-refractivity contribution in [1.82, 2.24) is 9.78 Å². The molecule has 4 nitrogen and oxygen atoms in total. The van der Waals surface area contributed by atoms with E-state index in [1.807, 2.05) is 13.0 Å². The average molecular weight is 392 g/mol. The maximum atomic E-state index is 13.5. The monoisotopic (exact) mass is 392 g/mol. The van der Waals surface area contributed by atoms with Crippen molar-refractivity contribution in [3.63, 3.8) is 0 Å². The van der Waals surface area contributed by atoms with Crippen LogP contribution in [0.15, 0.2) is 53.4 Å². The summed E-state index contributed by atoms with van der Waals surface area (Å²) < 4.78 is 66.9. The minimum absolute atomic E-state index is 0.0103. The zero-order valence-corrected chi connectivity index (χ0v) is 15.1. The molecule has 3 aromatic rings. The maximum Gasteiger partial charge on any atom is 0.502 e. The lowest BCUT2D eigenvalue weighted by Crippen LogP contribution is -2.25. The quantitative estimate of drug-likeness (QED) is 0.651. The molecule has 2 aromatic carbocycles. The topological polar surface area (TPSA) is 52.0 Å². The van der Waals surface area contributed by atoms with Gasteiger partial charge >= 0.3 is 5.51 Å². The highest BCUT2D eigenvalue weighted by Gasteiger charge is 2.51. The molecule has 1 aliphatic heterocycles. The molecule has 0 saturated carbocycles. The predicted molar refractivity (Wildman–Crippen MR) is 94.8 cm³/mol. The number of aromatic nitrogens is 2. The molecule has 4 rings (SSSR count). The lowest BCUT2D eigenvalue weighted by molar-refractivity contribution is -0.0435. The van der Waals surface area contributed by atoms with Crippen LogP contribution in [-0.4, -0.2) is 23.7 Å². The first kappa shape index (κ1) is 17.8. The van der Waals surface area contributed by atoms with Gasteiger partial charge in [-0.3, -0.25) is 4.68 Å². The molecule has 27 heavy (non-hydrogen) atoms. The molecule has 1 aromatic heterocycles. The van der Waals surface area contributed by atoms with Crippen LogP contribution in [0.2, 0.25) is 0 Å². The number of rotatable bonds is 2. The fourth-order valence-corrected chi connectivity index (χ4v) is 4.61. The van der Waals surface area contributed by atoms with E-state index in [1.54, 1.807) is 42.5 Å². The summed E-state index contributed by atoms with van der Waals surface area (Å²) in [6.07, 6.45) is 0.580. The Kier molecular flexibility index (Phi) is 3.92. The van der Waals surface area contributed by atoms with Gasteiger partial charge < -0.3 is 0 Å². The Morgan fingerprint density at radius 2 is 1.74 bits per heavy atom. The van der Waals surface area contributed by atoms with Gasteiger partial charge in [0.05, 0.1) is 5.69 Å². The van der Waals surface area contributed by atoms with Crippen LogP contribution in [0.5, 0.6) is 0 Å². The van der Waals surface area contributed by atoms with Crippen LogP contribution in [0.1, 0.15) is 11.1 Å². The first-order valence-corrected chi connectivity index (χ1v) is 9.76. The summed E-state index contributed by atoms with van der Waals surface area (Å²) in [5.41, 5.74) is -2.99. The number of nitrogens with zero attached hydrogens (tertiary/aromatic N) is 2. The van der Waals surface area contributed by atoms with Gasteiger partial charge in [0.25, 0.3) is 9.84 Å². The summed E-state index contributed by atoms with van der Waals surface area (Å²) in [7, 11) is -5.59. The molecule has 0 aliphatic carbocycles. The molecule has 8 heteroatoms. The highest BCUT2D eigenvalue weighted by Crippen LogP contribution is 2.44.